The number of carbonyl (C=O) groups excluding carboxylic acids is 1. The van der Waals surface area contributed by atoms with Gasteiger partial charge in [-0.05, 0) is 48.6 Å². The van der Waals surface area contributed by atoms with Gasteiger partial charge in [0.15, 0.2) is 0 Å². The standard InChI is InChI=1S/C18H18FN3O3S/c19-12-5-7-13(8-6-12)20-15(23)4-2-1-3-10-22-17(24)16-14(9-11-26-16)21-18(22)25/h5-9,11H,1-4,10H2,(H,20,23)(H,21,25). The van der Waals surface area contributed by atoms with Gasteiger partial charge in [-0.3, -0.25) is 14.2 Å². The number of amides is 1. The first-order valence-corrected chi connectivity index (χ1v) is 9.18. The molecule has 0 aliphatic rings. The molecule has 6 nitrogen and oxygen atoms in total. The summed E-state index contributed by atoms with van der Waals surface area (Å²) >= 11 is 1.31. The van der Waals surface area contributed by atoms with E-state index in [9.17, 15) is 18.8 Å². The lowest BCUT2D eigenvalue weighted by atomic mass is 10.2. The van der Waals surface area contributed by atoms with Gasteiger partial charge in [0.25, 0.3) is 5.56 Å². The van der Waals surface area contributed by atoms with E-state index < -0.39 is 5.69 Å². The van der Waals surface area contributed by atoms with Crippen LogP contribution in [0.2, 0.25) is 0 Å². The van der Waals surface area contributed by atoms with E-state index in [0.717, 1.165) is 0 Å². The second-order valence-electron chi connectivity index (χ2n) is 5.92. The maximum atomic E-state index is 12.8. The topological polar surface area (TPSA) is 84.0 Å². The Bertz CT molecular complexity index is 1020. The molecule has 3 aromatic rings. The van der Waals surface area contributed by atoms with Crippen LogP contribution >= 0.6 is 11.3 Å². The average molecular weight is 375 g/mol. The number of aromatic amines is 1. The third kappa shape index (κ3) is 4.26. The molecule has 3 rings (SSSR count). The number of nitrogens with one attached hydrogen (secondary N) is 2. The van der Waals surface area contributed by atoms with Gasteiger partial charge >= 0.3 is 5.69 Å². The largest absolute Gasteiger partial charge is 0.328 e. The number of nitrogens with zero attached hydrogens (tertiary/aromatic N) is 1. The van der Waals surface area contributed by atoms with Crippen molar-refractivity contribution in [3.05, 3.63) is 62.4 Å². The van der Waals surface area contributed by atoms with Gasteiger partial charge in [0.1, 0.15) is 10.5 Å². The summed E-state index contributed by atoms with van der Waals surface area (Å²) in [5, 5.41) is 4.47. The van der Waals surface area contributed by atoms with Crippen molar-refractivity contribution >= 4 is 33.1 Å². The van der Waals surface area contributed by atoms with Crippen molar-refractivity contribution in [2.45, 2.75) is 32.2 Å². The molecule has 0 atom stereocenters. The Kier molecular flexibility index (Phi) is 5.62. The van der Waals surface area contributed by atoms with Crippen molar-refractivity contribution in [3.63, 3.8) is 0 Å². The van der Waals surface area contributed by atoms with E-state index in [0.29, 0.717) is 48.1 Å². The van der Waals surface area contributed by atoms with Crippen LogP contribution in [0.5, 0.6) is 0 Å². The highest BCUT2D eigenvalue weighted by Gasteiger charge is 2.08. The number of fused-ring (bicyclic) bond motifs is 1. The number of thiophene rings is 1. The minimum Gasteiger partial charge on any atom is -0.326 e. The quantitative estimate of drug-likeness (QED) is 0.623. The number of anilines is 1. The zero-order valence-corrected chi connectivity index (χ0v) is 14.8. The maximum absolute atomic E-state index is 12.8. The minimum absolute atomic E-state index is 0.147. The van der Waals surface area contributed by atoms with Crippen LogP contribution in [0.4, 0.5) is 10.1 Å². The molecule has 2 heterocycles. The van der Waals surface area contributed by atoms with Gasteiger partial charge in [0, 0.05) is 18.7 Å². The fourth-order valence-electron chi connectivity index (χ4n) is 2.66. The molecule has 2 aromatic heterocycles. The lowest BCUT2D eigenvalue weighted by molar-refractivity contribution is -0.116. The monoisotopic (exact) mass is 375 g/mol. The number of hydrogen-bond acceptors (Lipinski definition) is 4. The third-order valence-electron chi connectivity index (χ3n) is 4.00. The highest BCUT2D eigenvalue weighted by Crippen LogP contribution is 2.12. The van der Waals surface area contributed by atoms with Gasteiger partial charge in [-0.2, -0.15) is 0 Å². The highest BCUT2D eigenvalue weighted by molar-refractivity contribution is 7.17. The van der Waals surface area contributed by atoms with Crippen LogP contribution in [0.1, 0.15) is 25.7 Å². The second kappa shape index (κ2) is 8.09. The smallest absolute Gasteiger partial charge is 0.326 e. The van der Waals surface area contributed by atoms with Crippen molar-refractivity contribution in [1.82, 2.24) is 9.55 Å². The molecule has 1 amide bonds. The first-order valence-electron chi connectivity index (χ1n) is 8.30. The number of hydrogen-bond donors (Lipinski definition) is 2. The number of rotatable bonds is 7. The number of H-pyrrole nitrogens is 1. The first kappa shape index (κ1) is 18.1. The fourth-order valence-corrected chi connectivity index (χ4v) is 3.46. The maximum Gasteiger partial charge on any atom is 0.328 e. The van der Waals surface area contributed by atoms with Crippen LogP contribution < -0.4 is 16.6 Å². The fraction of sp³-hybridized carbons (Fsp3) is 0.278. The Balaban J connectivity index is 1.46. The van der Waals surface area contributed by atoms with Crippen molar-refractivity contribution in [3.8, 4) is 0 Å². The molecule has 0 saturated heterocycles. The van der Waals surface area contributed by atoms with E-state index in [1.54, 1.807) is 11.4 Å². The number of carbonyl (C=O) groups is 1. The van der Waals surface area contributed by atoms with E-state index in [-0.39, 0.29) is 17.3 Å². The summed E-state index contributed by atoms with van der Waals surface area (Å²) in [6.07, 6.45) is 2.31. The van der Waals surface area contributed by atoms with Gasteiger partial charge < -0.3 is 10.3 Å². The van der Waals surface area contributed by atoms with Crippen LogP contribution in [-0.4, -0.2) is 15.5 Å². The van der Waals surface area contributed by atoms with Crippen LogP contribution in [0.25, 0.3) is 10.2 Å². The van der Waals surface area contributed by atoms with Crippen molar-refractivity contribution in [2.24, 2.45) is 0 Å². The Morgan fingerprint density at radius 2 is 1.88 bits per heavy atom. The molecule has 8 heteroatoms. The van der Waals surface area contributed by atoms with Crippen LogP contribution in [0.15, 0.2) is 45.3 Å². The Hall–Kier alpha value is -2.74. The molecule has 26 heavy (non-hydrogen) atoms. The third-order valence-corrected chi connectivity index (χ3v) is 4.91. The number of unbranched alkanes of at least 4 members (excludes halogenated alkanes) is 2. The van der Waals surface area contributed by atoms with Crippen LogP contribution in [0, 0.1) is 5.82 Å². The normalized spacial score (nSPS) is 11.0. The minimum atomic E-state index is -0.407. The van der Waals surface area contributed by atoms with Gasteiger partial charge in [0.05, 0.1) is 5.52 Å². The number of halogens is 1. The number of benzene rings is 1. The predicted molar refractivity (Wildman–Crippen MR) is 100 cm³/mol. The lowest BCUT2D eigenvalue weighted by Gasteiger charge is -2.06. The molecular weight excluding hydrogens is 357 g/mol. The summed E-state index contributed by atoms with van der Waals surface area (Å²) in [5.74, 6) is -0.499. The van der Waals surface area contributed by atoms with E-state index >= 15 is 0 Å². The van der Waals surface area contributed by atoms with Gasteiger partial charge in [-0.25, -0.2) is 9.18 Å². The SMILES string of the molecule is O=C(CCCCCn1c(=O)[nH]c2ccsc2c1=O)Nc1ccc(F)cc1. The molecule has 136 valence electrons. The van der Waals surface area contributed by atoms with Gasteiger partial charge in [-0.15, -0.1) is 11.3 Å². The highest BCUT2D eigenvalue weighted by atomic mass is 32.1. The molecule has 0 aliphatic carbocycles. The molecule has 0 saturated carbocycles. The summed E-state index contributed by atoms with van der Waals surface area (Å²) in [6, 6.07) is 7.30. The van der Waals surface area contributed by atoms with Crippen molar-refractivity contribution in [2.75, 3.05) is 5.32 Å². The zero-order valence-electron chi connectivity index (χ0n) is 14.0. The molecule has 0 unspecified atom stereocenters. The van der Waals surface area contributed by atoms with Gasteiger partial charge in [0.2, 0.25) is 5.91 Å². The molecule has 1 aromatic carbocycles. The summed E-state index contributed by atoms with van der Waals surface area (Å²) in [5.41, 5.74) is 0.445. The Labute approximate surface area is 152 Å². The molecule has 0 bridgehead atoms. The summed E-state index contributed by atoms with van der Waals surface area (Å²) in [4.78, 5) is 38.8. The molecule has 0 aliphatic heterocycles. The van der Waals surface area contributed by atoms with E-state index in [1.165, 1.54) is 40.2 Å². The first-order chi connectivity index (χ1) is 12.5. The average Bonchev–Trinajstić information content (AvgIpc) is 3.07. The van der Waals surface area contributed by atoms with Crippen LogP contribution in [-0.2, 0) is 11.3 Å². The summed E-state index contributed by atoms with van der Waals surface area (Å²) in [6.45, 7) is 0.321. The molecule has 2 N–H and O–H groups in total. The molecule has 0 radical (unpaired) electrons. The second-order valence-corrected chi connectivity index (χ2v) is 6.83. The zero-order chi connectivity index (χ0) is 18.5. The molecular formula is C18H18FN3O3S. The van der Waals surface area contributed by atoms with Crippen molar-refractivity contribution < 1.29 is 9.18 Å². The Morgan fingerprint density at radius 1 is 1.12 bits per heavy atom. The molecule has 0 fully saturated rings. The van der Waals surface area contributed by atoms with E-state index in [2.05, 4.69) is 10.3 Å². The summed E-state index contributed by atoms with van der Waals surface area (Å²) in [7, 11) is 0. The predicted octanol–water partition coefficient (Wildman–Crippen LogP) is 3.09. The summed E-state index contributed by atoms with van der Waals surface area (Å²) < 4.78 is 14.6. The lowest BCUT2D eigenvalue weighted by Crippen LogP contribution is -2.34. The van der Waals surface area contributed by atoms with E-state index in [1.807, 2.05) is 0 Å². The Morgan fingerprint density at radius 3 is 2.65 bits per heavy atom. The van der Waals surface area contributed by atoms with Crippen molar-refractivity contribution in [1.29, 1.82) is 0 Å². The van der Waals surface area contributed by atoms with Crippen LogP contribution in [0.3, 0.4) is 0 Å². The number of aromatic nitrogens is 2. The molecule has 0 spiro atoms. The van der Waals surface area contributed by atoms with Gasteiger partial charge in [-0.1, -0.05) is 6.42 Å². The van der Waals surface area contributed by atoms with E-state index in [4.69, 9.17) is 0 Å².